The standard InChI is InChI=1S/C28H30O4/c1-3-21-12-17-25(26(20-21)30-2)32-27(29)31-24-15-13-23(14-16-24)28(18-8-5-9-19-28)22-10-6-4-7-11-22/h4,6-7,10-17,20H,3,5,8-9,18-19H2,1-2H3. The lowest BCUT2D eigenvalue weighted by atomic mass is 9.65. The highest BCUT2D eigenvalue weighted by Crippen LogP contribution is 2.45. The zero-order valence-corrected chi connectivity index (χ0v) is 18.8. The third-order valence-electron chi connectivity index (χ3n) is 6.47. The van der Waals surface area contributed by atoms with E-state index in [0.29, 0.717) is 17.2 Å². The van der Waals surface area contributed by atoms with Crippen LogP contribution >= 0.6 is 0 Å². The van der Waals surface area contributed by atoms with Crippen molar-refractivity contribution in [2.75, 3.05) is 7.11 Å². The molecule has 0 saturated heterocycles. The molecule has 0 N–H and O–H groups in total. The zero-order valence-electron chi connectivity index (χ0n) is 18.8. The molecule has 1 aliphatic rings. The van der Waals surface area contributed by atoms with Gasteiger partial charge in [-0.15, -0.1) is 0 Å². The van der Waals surface area contributed by atoms with Crippen LogP contribution in [0.15, 0.2) is 72.8 Å². The molecular weight excluding hydrogens is 400 g/mol. The van der Waals surface area contributed by atoms with Crippen LogP contribution in [-0.4, -0.2) is 13.3 Å². The van der Waals surface area contributed by atoms with Crippen molar-refractivity contribution in [3.05, 3.63) is 89.5 Å². The van der Waals surface area contributed by atoms with Gasteiger partial charge in [-0.3, -0.25) is 0 Å². The fourth-order valence-electron chi connectivity index (χ4n) is 4.72. The predicted molar refractivity (Wildman–Crippen MR) is 126 cm³/mol. The first kappa shape index (κ1) is 21.9. The lowest BCUT2D eigenvalue weighted by Crippen LogP contribution is -2.30. The predicted octanol–water partition coefficient (Wildman–Crippen LogP) is 7.09. The minimum Gasteiger partial charge on any atom is -0.493 e. The second kappa shape index (κ2) is 9.90. The fourth-order valence-corrected chi connectivity index (χ4v) is 4.72. The Labute approximate surface area is 190 Å². The largest absolute Gasteiger partial charge is 0.519 e. The molecule has 4 rings (SSSR count). The van der Waals surface area contributed by atoms with E-state index < -0.39 is 6.16 Å². The number of hydrogen-bond acceptors (Lipinski definition) is 4. The summed E-state index contributed by atoms with van der Waals surface area (Å²) in [4.78, 5) is 12.4. The molecule has 0 aliphatic heterocycles. The summed E-state index contributed by atoms with van der Waals surface area (Å²) in [6.45, 7) is 2.06. The summed E-state index contributed by atoms with van der Waals surface area (Å²) in [5, 5.41) is 0. The van der Waals surface area contributed by atoms with Gasteiger partial charge < -0.3 is 14.2 Å². The summed E-state index contributed by atoms with van der Waals surface area (Å²) in [5.74, 6) is 1.32. The number of benzene rings is 3. The van der Waals surface area contributed by atoms with E-state index in [9.17, 15) is 4.79 Å². The molecule has 0 amide bonds. The smallest absolute Gasteiger partial charge is 0.493 e. The van der Waals surface area contributed by atoms with E-state index in [1.165, 1.54) is 30.4 Å². The van der Waals surface area contributed by atoms with Crippen LogP contribution in [0.1, 0.15) is 55.7 Å². The van der Waals surface area contributed by atoms with Crippen molar-refractivity contribution in [2.45, 2.75) is 50.9 Å². The maximum atomic E-state index is 12.4. The quantitative estimate of drug-likeness (QED) is 0.309. The number of carbonyl (C=O) groups is 1. The maximum Gasteiger partial charge on any atom is 0.519 e. The van der Waals surface area contributed by atoms with Crippen LogP contribution in [0.4, 0.5) is 4.79 Å². The minimum atomic E-state index is -0.782. The average molecular weight is 431 g/mol. The third kappa shape index (κ3) is 4.64. The lowest BCUT2D eigenvalue weighted by Gasteiger charge is -2.38. The van der Waals surface area contributed by atoms with Crippen molar-refractivity contribution >= 4 is 6.16 Å². The van der Waals surface area contributed by atoms with Gasteiger partial charge in [-0.05, 0) is 60.2 Å². The molecule has 4 nitrogen and oxygen atoms in total. The summed E-state index contributed by atoms with van der Waals surface area (Å²) < 4.78 is 16.2. The van der Waals surface area contributed by atoms with E-state index >= 15 is 0 Å². The summed E-state index contributed by atoms with van der Waals surface area (Å²) >= 11 is 0. The van der Waals surface area contributed by atoms with Gasteiger partial charge in [0.25, 0.3) is 0 Å². The third-order valence-corrected chi connectivity index (χ3v) is 6.47. The van der Waals surface area contributed by atoms with Crippen molar-refractivity contribution in [1.29, 1.82) is 0 Å². The Balaban J connectivity index is 1.49. The molecule has 1 aliphatic carbocycles. The van der Waals surface area contributed by atoms with E-state index in [0.717, 1.165) is 24.8 Å². The van der Waals surface area contributed by atoms with Gasteiger partial charge in [0.05, 0.1) is 7.11 Å². The van der Waals surface area contributed by atoms with Crippen molar-refractivity contribution in [2.24, 2.45) is 0 Å². The Bertz CT molecular complexity index is 1030. The molecule has 32 heavy (non-hydrogen) atoms. The fraction of sp³-hybridized carbons (Fsp3) is 0.321. The number of rotatable bonds is 6. The number of carbonyl (C=O) groups excluding carboxylic acids is 1. The van der Waals surface area contributed by atoms with E-state index in [4.69, 9.17) is 14.2 Å². The highest BCUT2D eigenvalue weighted by atomic mass is 16.7. The van der Waals surface area contributed by atoms with E-state index in [1.54, 1.807) is 13.2 Å². The van der Waals surface area contributed by atoms with E-state index in [-0.39, 0.29) is 5.41 Å². The van der Waals surface area contributed by atoms with Gasteiger partial charge in [0, 0.05) is 5.41 Å². The number of aryl methyl sites for hydroxylation is 1. The van der Waals surface area contributed by atoms with Crippen molar-refractivity contribution in [3.8, 4) is 17.2 Å². The van der Waals surface area contributed by atoms with Crippen LogP contribution < -0.4 is 14.2 Å². The SMILES string of the molecule is CCc1ccc(OC(=O)Oc2ccc(C3(c4ccccc4)CCCCC3)cc2)c(OC)c1. The summed E-state index contributed by atoms with van der Waals surface area (Å²) in [5.41, 5.74) is 3.75. The van der Waals surface area contributed by atoms with Crippen LogP contribution in [0.5, 0.6) is 17.2 Å². The first-order valence-electron chi connectivity index (χ1n) is 11.4. The first-order valence-corrected chi connectivity index (χ1v) is 11.4. The summed E-state index contributed by atoms with van der Waals surface area (Å²) in [7, 11) is 1.56. The molecule has 0 aromatic heterocycles. The Morgan fingerprint density at radius 2 is 1.50 bits per heavy atom. The zero-order chi connectivity index (χ0) is 22.4. The normalized spacial score (nSPS) is 15.1. The van der Waals surface area contributed by atoms with E-state index in [1.807, 2.05) is 24.3 Å². The number of hydrogen-bond donors (Lipinski definition) is 0. The van der Waals surface area contributed by atoms with Gasteiger partial charge in [-0.1, -0.05) is 74.7 Å². The van der Waals surface area contributed by atoms with Crippen molar-refractivity contribution < 1.29 is 19.0 Å². The van der Waals surface area contributed by atoms with Gasteiger partial charge in [0.15, 0.2) is 11.5 Å². The monoisotopic (exact) mass is 430 g/mol. The van der Waals surface area contributed by atoms with Crippen LogP contribution in [0.3, 0.4) is 0 Å². The topological polar surface area (TPSA) is 44.8 Å². The summed E-state index contributed by atoms with van der Waals surface area (Å²) in [6, 6.07) is 24.1. The molecule has 3 aromatic rings. The molecule has 0 heterocycles. The second-order valence-corrected chi connectivity index (χ2v) is 8.33. The van der Waals surface area contributed by atoms with Gasteiger partial charge in [0.2, 0.25) is 0 Å². The summed E-state index contributed by atoms with van der Waals surface area (Å²) in [6.07, 6.45) is 6.08. The molecule has 1 fully saturated rings. The van der Waals surface area contributed by atoms with Crippen LogP contribution in [-0.2, 0) is 11.8 Å². The van der Waals surface area contributed by atoms with Gasteiger partial charge in [-0.2, -0.15) is 0 Å². The van der Waals surface area contributed by atoms with Crippen LogP contribution in [0.2, 0.25) is 0 Å². The minimum absolute atomic E-state index is 0.0208. The van der Waals surface area contributed by atoms with Gasteiger partial charge >= 0.3 is 6.16 Å². The highest BCUT2D eigenvalue weighted by molar-refractivity contribution is 5.68. The van der Waals surface area contributed by atoms with Crippen molar-refractivity contribution in [3.63, 3.8) is 0 Å². The molecule has 3 aromatic carbocycles. The van der Waals surface area contributed by atoms with Gasteiger partial charge in [0.1, 0.15) is 5.75 Å². The second-order valence-electron chi connectivity index (χ2n) is 8.33. The van der Waals surface area contributed by atoms with Gasteiger partial charge in [-0.25, -0.2) is 4.79 Å². The molecule has 0 atom stereocenters. The van der Waals surface area contributed by atoms with Crippen LogP contribution in [0, 0.1) is 0 Å². The Morgan fingerprint density at radius 1 is 0.812 bits per heavy atom. The molecule has 1 saturated carbocycles. The Hall–Kier alpha value is -3.27. The number of ether oxygens (including phenoxy) is 3. The van der Waals surface area contributed by atoms with E-state index in [2.05, 4.69) is 49.4 Å². The van der Waals surface area contributed by atoms with Crippen LogP contribution in [0.25, 0.3) is 0 Å². The molecule has 4 heteroatoms. The Morgan fingerprint density at radius 3 is 2.16 bits per heavy atom. The van der Waals surface area contributed by atoms with Crippen molar-refractivity contribution in [1.82, 2.24) is 0 Å². The molecule has 0 unspecified atom stereocenters. The number of methoxy groups -OCH3 is 1. The lowest BCUT2D eigenvalue weighted by molar-refractivity contribution is 0.150. The maximum absolute atomic E-state index is 12.4. The molecule has 166 valence electrons. The molecule has 0 spiro atoms. The average Bonchev–Trinajstić information content (AvgIpc) is 2.85. The highest BCUT2D eigenvalue weighted by Gasteiger charge is 2.35. The molecular formula is C28H30O4. The molecule has 0 radical (unpaired) electrons. The Kier molecular flexibility index (Phi) is 6.79. The molecule has 0 bridgehead atoms. The first-order chi connectivity index (χ1) is 15.6.